The van der Waals surface area contributed by atoms with Gasteiger partial charge in [0.1, 0.15) is 6.16 Å². The maximum absolute atomic E-state index is 9.76. The van der Waals surface area contributed by atoms with Crippen LogP contribution in [0.1, 0.15) is 110 Å². The Morgan fingerprint density at radius 1 is 0.700 bits per heavy atom. The summed E-state index contributed by atoms with van der Waals surface area (Å²) in [6, 6.07) is 0. The summed E-state index contributed by atoms with van der Waals surface area (Å²) >= 11 is 0. The molecule has 7 nitrogen and oxygen atoms in total. The molecule has 0 spiro atoms. The molecule has 0 radical (unpaired) electrons. The standard InChI is InChI=1S/C20H42O2.C2H5O5P/c1-2-3-4-5-6-7-8-9-10-11-12-13-14-15-16-17-19-22-20-18-21;3-2(4)1-8(5,6)7/h21H,2-20H2,1H3;1H2,(H,3,4)(H2,5,6,7). The molecule has 0 aromatic rings. The fourth-order valence-electron chi connectivity index (χ4n) is 3.10. The molecule has 4 N–H and O–H groups in total. The van der Waals surface area contributed by atoms with E-state index in [2.05, 4.69) is 6.92 Å². The van der Waals surface area contributed by atoms with Crippen molar-refractivity contribution in [1.82, 2.24) is 0 Å². The van der Waals surface area contributed by atoms with E-state index in [9.17, 15) is 9.36 Å². The van der Waals surface area contributed by atoms with Gasteiger partial charge >= 0.3 is 13.6 Å². The lowest BCUT2D eigenvalue weighted by Gasteiger charge is -2.04. The number of aliphatic hydroxyl groups excluding tert-OH is 1. The molecule has 0 unspecified atom stereocenters. The van der Waals surface area contributed by atoms with Crippen molar-refractivity contribution in [3.05, 3.63) is 0 Å². The Bertz CT molecular complexity index is 379. The van der Waals surface area contributed by atoms with E-state index >= 15 is 0 Å². The average Bonchev–Trinajstić information content (AvgIpc) is 2.65. The SMILES string of the molecule is CCCCCCCCCCCCCCCCCCOCCO.O=C(O)CP(=O)(O)O. The summed E-state index contributed by atoms with van der Waals surface area (Å²) < 4.78 is 15.0. The number of ether oxygens (including phenoxy) is 1. The van der Waals surface area contributed by atoms with Gasteiger partial charge in [0.15, 0.2) is 0 Å². The smallest absolute Gasteiger partial charge is 0.336 e. The molecule has 0 saturated heterocycles. The third-order valence-electron chi connectivity index (χ3n) is 4.72. The predicted octanol–water partition coefficient (Wildman–Crippen LogP) is 5.51. The van der Waals surface area contributed by atoms with Gasteiger partial charge in [0, 0.05) is 6.61 Å². The first kappa shape index (κ1) is 31.7. The summed E-state index contributed by atoms with van der Waals surface area (Å²) in [5.74, 6) is -1.49. The van der Waals surface area contributed by atoms with Crippen LogP contribution in [0.4, 0.5) is 0 Å². The summed E-state index contributed by atoms with van der Waals surface area (Å²) in [5, 5.41) is 16.3. The highest BCUT2D eigenvalue weighted by molar-refractivity contribution is 7.52. The first-order valence-corrected chi connectivity index (χ1v) is 13.6. The Morgan fingerprint density at radius 2 is 1.07 bits per heavy atom. The van der Waals surface area contributed by atoms with Crippen molar-refractivity contribution in [2.75, 3.05) is 26.0 Å². The van der Waals surface area contributed by atoms with Crippen LogP contribution in [0.25, 0.3) is 0 Å². The van der Waals surface area contributed by atoms with Crippen LogP contribution in [0, 0.1) is 0 Å². The minimum Gasteiger partial charge on any atom is -0.481 e. The number of unbranched alkanes of at least 4 members (excludes halogenated alkanes) is 15. The minimum absolute atomic E-state index is 0.152. The van der Waals surface area contributed by atoms with Crippen molar-refractivity contribution in [2.24, 2.45) is 0 Å². The molecule has 0 aromatic heterocycles. The summed E-state index contributed by atoms with van der Waals surface area (Å²) in [6.45, 7) is 3.75. The van der Waals surface area contributed by atoms with E-state index in [1.54, 1.807) is 0 Å². The number of carboxylic acids is 1. The topological polar surface area (TPSA) is 124 Å². The molecule has 8 heteroatoms. The molecule has 182 valence electrons. The van der Waals surface area contributed by atoms with Gasteiger partial charge in [-0.05, 0) is 6.42 Å². The number of rotatable bonds is 21. The zero-order valence-electron chi connectivity index (χ0n) is 19.1. The number of hydrogen-bond acceptors (Lipinski definition) is 4. The maximum atomic E-state index is 9.76. The van der Waals surface area contributed by atoms with Crippen LogP contribution in [0.5, 0.6) is 0 Å². The second-order valence-corrected chi connectivity index (χ2v) is 9.50. The van der Waals surface area contributed by atoms with Crippen molar-refractivity contribution in [3.8, 4) is 0 Å². The molecule has 0 rings (SSSR count). The zero-order valence-corrected chi connectivity index (χ0v) is 20.0. The van der Waals surface area contributed by atoms with Gasteiger partial charge < -0.3 is 24.7 Å². The van der Waals surface area contributed by atoms with E-state index < -0.39 is 19.7 Å². The largest absolute Gasteiger partial charge is 0.481 e. The van der Waals surface area contributed by atoms with Gasteiger partial charge in [0.2, 0.25) is 0 Å². The van der Waals surface area contributed by atoms with Crippen molar-refractivity contribution in [2.45, 2.75) is 110 Å². The Morgan fingerprint density at radius 3 is 1.33 bits per heavy atom. The summed E-state index contributed by atoms with van der Waals surface area (Å²) in [5.41, 5.74) is 0. The molecule has 0 aliphatic rings. The van der Waals surface area contributed by atoms with Crippen molar-refractivity contribution >= 4 is 13.6 Å². The van der Waals surface area contributed by atoms with E-state index in [0.29, 0.717) is 6.61 Å². The molecular weight excluding hydrogens is 407 g/mol. The molecule has 0 saturated carbocycles. The van der Waals surface area contributed by atoms with Gasteiger partial charge in [-0.2, -0.15) is 0 Å². The van der Waals surface area contributed by atoms with Gasteiger partial charge in [-0.15, -0.1) is 0 Å². The highest BCUT2D eigenvalue weighted by Gasteiger charge is 2.17. The number of carboxylic acid groups (broad SMARTS) is 1. The Labute approximate surface area is 183 Å². The second kappa shape index (κ2) is 24.8. The van der Waals surface area contributed by atoms with Gasteiger partial charge in [-0.1, -0.05) is 103 Å². The van der Waals surface area contributed by atoms with Crippen LogP contribution >= 0.6 is 7.60 Å². The Hall–Kier alpha value is -0.460. The molecule has 0 heterocycles. The van der Waals surface area contributed by atoms with Crippen molar-refractivity contribution < 1.29 is 34.1 Å². The fraction of sp³-hybridized carbons (Fsp3) is 0.955. The average molecular weight is 455 g/mol. The lowest BCUT2D eigenvalue weighted by Crippen LogP contribution is -2.01. The first-order chi connectivity index (χ1) is 14.3. The number of hydrogen-bond donors (Lipinski definition) is 4. The van der Waals surface area contributed by atoms with E-state index in [4.69, 9.17) is 24.7 Å². The van der Waals surface area contributed by atoms with Crippen LogP contribution in [0.2, 0.25) is 0 Å². The summed E-state index contributed by atoms with van der Waals surface area (Å²) in [6.07, 6.45) is 21.3. The number of aliphatic hydroxyl groups is 1. The van der Waals surface area contributed by atoms with Gasteiger partial charge in [-0.25, -0.2) is 0 Å². The second-order valence-electron chi connectivity index (χ2n) is 7.86. The minimum atomic E-state index is -4.32. The number of aliphatic carboxylic acids is 1. The Balaban J connectivity index is 0. The first-order valence-electron chi connectivity index (χ1n) is 11.8. The highest BCUT2D eigenvalue weighted by Crippen LogP contribution is 2.33. The quantitative estimate of drug-likeness (QED) is 0.133. The summed E-state index contributed by atoms with van der Waals surface area (Å²) in [7, 11) is -4.32. The summed E-state index contributed by atoms with van der Waals surface area (Å²) in [4.78, 5) is 25.4. The molecule has 0 fully saturated rings. The third kappa shape index (κ3) is 35.0. The predicted molar refractivity (Wildman–Crippen MR) is 122 cm³/mol. The lowest BCUT2D eigenvalue weighted by molar-refractivity contribution is -0.134. The van der Waals surface area contributed by atoms with E-state index in [0.717, 1.165) is 13.0 Å². The van der Waals surface area contributed by atoms with E-state index in [1.165, 1.54) is 96.3 Å². The van der Waals surface area contributed by atoms with Crippen molar-refractivity contribution in [1.29, 1.82) is 0 Å². The molecule has 0 atom stereocenters. The van der Waals surface area contributed by atoms with E-state index in [-0.39, 0.29) is 6.61 Å². The molecular formula is C22H47O7P. The van der Waals surface area contributed by atoms with Gasteiger partial charge in [-0.3, -0.25) is 9.36 Å². The van der Waals surface area contributed by atoms with Gasteiger partial charge in [0.05, 0.1) is 13.2 Å². The zero-order chi connectivity index (χ0) is 22.9. The normalized spacial score (nSPS) is 11.2. The molecule has 0 aromatic carbocycles. The monoisotopic (exact) mass is 454 g/mol. The van der Waals surface area contributed by atoms with Crippen LogP contribution in [0.15, 0.2) is 0 Å². The molecule has 0 amide bonds. The lowest BCUT2D eigenvalue weighted by atomic mass is 10.0. The fourth-order valence-corrected chi connectivity index (χ4v) is 3.45. The molecule has 0 aliphatic heterocycles. The Kier molecular flexibility index (Phi) is 26.2. The van der Waals surface area contributed by atoms with Crippen LogP contribution < -0.4 is 0 Å². The van der Waals surface area contributed by atoms with E-state index in [1.807, 2.05) is 0 Å². The maximum Gasteiger partial charge on any atom is 0.336 e. The van der Waals surface area contributed by atoms with Crippen LogP contribution in [-0.2, 0) is 14.1 Å². The van der Waals surface area contributed by atoms with Crippen LogP contribution in [0.3, 0.4) is 0 Å². The van der Waals surface area contributed by atoms with Crippen LogP contribution in [-0.4, -0.2) is 52.0 Å². The van der Waals surface area contributed by atoms with Crippen molar-refractivity contribution in [3.63, 3.8) is 0 Å². The molecule has 30 heavy (non-hydrogen) atoms. The number of carbonyl (C=O) groups is 1. The highest BCUT2D eigenvalue weighted by atomic mass is 31.2. The third-order valence-corrected chi connectivity index (χ3v) is 5.40. The molecule has 0 aliphatic carbocycles. The van der Waals surface area contributed by atoms with Gasteiger partial charge in [0.25, 0.3) is 0 Å². The molecule has 0 bridgehead atoms.